The average molecular weight is 379 g/mol. The van der Waals surface area contributed by atoms with Crippen molar-refractivity contribution < 1.29 is 9.90 Å². The van der Waals surface area contributed by atoms with Gasteiger partial charge in [-0.25, -0.2) is 0 Å². The molecule has 2 nitrogen and oxygen atoms in total. The second kappa shape index (κ2) is 5.93. The molecule has 1 heterocycles. The van der Waals surface area contributed by atoms with Crippen molar-refractivity contribution in [2.75, 3.05) is 0 Å². The summed E-state index contributed by atoms with van der Waals surface area (Å²) in [6.07, 6.45) is 14.0. The number of aliphatic hydroxyl groups is 1. The Balaban J connectivity index is 1.70. The molecule has 4 aliphatic rings. The minimum absolute atomic E-state index is 0.239. The van der Waals surface area contributed by atoms with Gasteiger partial charge < -0.3 is 5.11 Å². The highest BCUT2D eigenvalue weighted by molar-refractivity contribution is 7.10. The smallest absolute Gasteiger partial charge is 0.156 e. The first kappa shape index (κ1) is 17.5. The van der Waals surface area contributed by atoms with Gasteiger partial charge in [-0.2, -0.15) is 0 Å². The lowest BCUT2D eigenvalue weighted by molar-refractivity contribution is -0.114. The van der Waals surface area contributed by atoms with E-state index in [-0.39, 0.29) is 11.2 Å². The van der Waals surface area contributed by atoms with E-state index in [1.807, 2.05) is 17.4 Å². The molecule has 27 heavy (non-hydrogen) atoms. The molecule has 140 valence electrons. The number of carbonyl (C=O) groups excluding carboxylic acids is 1. The molecule has 0 aliphatic heterocycles. The average Bonchev–Trinajstić information content (AvgIpc) is 3.28. The van der Waals surface area contributed by atoms with Gasteiger partial charge in [0.1, 0.15) is 5.60 Å². The Hall–Kier alpha value is -1.63. The van der Waals surface area contributed by atoms with Crippen molar-refractivity contribution in [2.45, 2.75) is 63.4 Å². The van der Waals surface area contributed by atoms with Crippen LogP contribution < -0.4 is 0 Å². The summed E-state index contributed by atoms with van der Waals surface area (Å²) >= 11 is 1.81. The molecule has 2 fully saturated rings. The van der Waals surface area contributed by atoms with E-state index in [0.29, 0.717) is 30.6 Å². The van der Waals surface area contributed by atoms with Gasteiger partial charge in [0.25, 0.3) is 0 Å². The van der Waals surface area contributed by atoms with Gasteiger partial charge in [0.2, 0.25) is 0 Å². The van der Waals surface area contributed by atoms with E-state index in [2.05, 4.69) is 30.4 Å². The molecule has 5 rings (SSSR count). The van der Waals surface area contributed by atoms with Crippen molar-refractivity contribution in [2.24, 2.45) is 17.3 Å². The summed E-state index contributed by atoms with van der Waals surface area (Å²) < 4.78 is 0. The lowest BCUT2D eigenvalue weighted by Crippen LogP contribution is -2.50. The van der Waals surface area contributed by atoms with Gasteiger partial charge in [0.05, 0.1) is 0 Å². The molecule has 0 saturated heterocycles. The Bertz CT molecular complexity index is 899. The quantitative estimate of drug-likeness (QED) is 0.697. The predicted molar refractivity (Wildman–Crippen MR) is 108 cm³/mol. The molecule has 1 N–H and O–H groups in total. The lowest BCUT2D eigenvalue weighted by Gasteiger charge is -2.53. The van der Waals surface area contributed by atoms with E-state index >= 15 is 0 Å². The number of allylic oxidation sites excluding steroid dienone is 4. The summed E-state index contributed by atoms with van der Waals surface area (Å²) in [6, 6.07) is 4.36. The Morgan fingerprint density at radius 1 is 1.30 bits per heavy atom. The van der Waals surface area contributed by atoms with Gasteiger partial charge in [-0.15, -0.1) is 17.8 Å². The van der Waals surface area contributed by atoms with Crippen LogP contribution in [-0.2, 0) is 4.79 Å². The van der Waals surface area contributed by atoms with Crippen LogP contribution in [0.25, 0.3) is 0 Å². The minimum atomic E-state index is -0.998. The summed E-state index contributed by atoms with van der Waals surface area (Å²) in [5, 5.41) is 13.5. The number of terminal acetylenes is 1. The van der Waals surface area contributed by atoms with Gasteiger partial charge in [0.15, 0.2) is 5.78 Å². The number of thiophene rings is 1. The second-order valence-corrected chi connectivity index (χ2v) is 10.0. The van der Waals surface area contributed by atoms with E-state index in [0.717, 1.165) is 32.1 Å². The summed E-state index contributed by atoms with van der Waals surface area (Å²) in [4.78, 5) is 13.4. The second-order valence-electron chi connectivity index (χ2n) is 9.05. The van der Waals surface area contributed by atoms with Crippen LogP contribution in [0, 0.1) is 29.6 Å². The molecule has 4 unspecified atom stereocenters. The summed E-state index contributed by atoms with van der Waals surface area (Å²) in [6.45, 7) is 2.24. The van der Waals surface area contributed by atoms with Crippen LogP contribution in [0.2, 0.25) is 0 Å². The van der Waals surface area contributed by atoms with Crippen LogP contribution in [-0.4, -0.2) is 16.5 Å². The summed E-state index contributed by atoms with van der Waals surface area (Å²) in [5.74, 6) is 4.32. The molecule has 0 amide bonds. The highest BCUT2D eigenvalue weighted by Crippen LogP contribution is 2.66. The number of hydrogen-bond donors (Lipinski definition) is 1. The van der Waals surface area contributed by atoms with E-state index in [4.69, 9.17) is 6.42 Å². The molecule has 5 atom stereocenters. The normalized spacial score (nSPS) is 40.7. The van der Waals surface area contributed by atoms with Crippen LogP contribution >= 0.6 is 11.3 Å². The third kappa shape index (κ3) is 2.33. The molecular formula is C24H26O2S. The van der Waals surface area contributed by atoms with E-state index in [9.17, 15) is 9.90 Å². The maximum atomic E-state index is 12.0. The fraction of sp³-hybridized carbons (Fsp3) is 0.542. The van der Waals surface area contributed by atoms with E-state index in [1.54, 1.807) is 5.57 Å². The first-order chi connectivity index (χ1) is 13.0. The monoisotopic (exact) mass is 378 g/mol. The van der Waals surface area contributed by atoms with Crippen molar-refractivity contribution >= 4 is 17.1 Å². The number of carbonyl (C=O) groups is 1. The topological polar surface area (TPSA) is 37.3 Å². The predicted octanol–water partition coefficient (Wildman–Crippen LogP) is 5.01. The summed E-state index contributed by atoms with van der Waals surface area (Å²) in [7, 11) is 0. The van der Waals surface area contributed by atoms with Crippen molar-refractivity contribution in [3.63, 3.8) is 0 Å². The maximum absolute atomic E-state index is 12.0. The molecule has 1 aromatic rings. The Kier molecular flexibility index (Phi) is 3.84. The SMILES string of the molecule is C#C[C@]1(O)CCC2C3CCC4=CC(=O)CCC4=C3C(c3cccs3)CC21C. The fourth-order valence-corrected chi connectivity index (χ4v) is 7.49. The Labute approximate surface area is 165 Å². The molecule has 4 aliphatic carbocycles. The van der Waals surface area contributed by atoms with Gasteiger partial charge in [0, 0.05) is 22.6 Å². The van der Waals surface area contributed by atoms with Crippen molar-refractivity contribution in [1.82, 2.24) is 0 Å². The van der Waals surface area contributed by atoms with Crippen LogP contribution in [0.4, 0.5) is 0 Å². The molecule has 0 radical (unpaired) electrons. The zero-order valence-electron chi connectivity index (χ0n) is 15.8. The van der Waals surface area contributed by atoms with E-state index in [1.165, 1.54) is 16.0 Å². The Morgan fingerprint density at radius 3 is 2.89 bits per heavy atom. The van der Waals surface area contributed by atoms with Gasteiger partial charge in [-0.3, -0.25) is 4.79 Å². The first-order valence-corrected chi connectivity index (χ1v) is 11.0. The largest absolute Gasteiger partial charge is 0.377 e. The van der Waals surface area contributed by atoms with Gasteiger partial charge >= 0.3 is 0 Å². The number of hydrogen-bond acceptors (Lipinski definition) is 3. The fourth-order valence-electron chi connectivity index (χ4n) is 6.65. The van der Waals surface area contributed by atoms with Crippen molar-refractivity contribution in [3.8, 4) is 12.3 Å². The first-order valence-electron chi connectivity index (χ1n) is 10.2. The van der Waals surface area contributed by atoms with Crippen molar-refractivity contribution in [3.05, 3.63) is 45.2 Å². The highest BCUT2D eigenvalue weighted by atomic mass is 32.1. The zero-order chi connectivity index (χ0) is 18.8. The summed E-state index contributed by atoms with van der Waals surface area (Å²) in [5.41, 5.74) is 3.08. The molecule has 1 aromatic heterocycles. The van der Waals surface area contributed by atoms with Crippen LogP contribution in [0.15, 0.2) is 40.3 Å². The highest BCUT2D eigenvalue weighted by Gasteiger charge is 2.62. The van der Waals surface area contributed by atoms with Crippen LogP contribution in [0.3, 0.4) is 0 Å². The third-order valence-electron chi connectivity index (χ3n) is 8.01. The Morgan fingerprint density at radius 2 is 2.15 bits per heavy atom. The molecule has 0 bridgehead atoms. The van der Waals surface area contributed by atoms with Crippen LogP contribution in [0.5, 0.6) is 0 Å². The molecule has 0 aromatic carbocycles. The third-order valence-corrected chi connectivity index (χ3v) is 9.00. The zero-order valence-corrected chi connectivity index (χ0v) is 16.6. The minimum Gasteiger partial charge on any atom is -0.377 e. The number of rotatable bonds is 1. The number of ketones is 1. The molecule has 3 heteroatoms. The standard InChI is InChI=1S/C24H26O2S/c1-3-24(26)11-10-20-18-8-6-15-13-16(25)7-9-17(15)22(18)19(14-23(20,24)2)21-5-4-12-27-21/h1,4-5,12-13,18-20,26H,6-11,14H2,2H3/t18?,19?,20?,23?,24-/m0/s1. The van der Waals surface area contributed by atoms with Gasteiger partial charge in [-0.1, -0.05) is 24.5 Å². The number of fused-ring (bicyclic) bond motifs is 4. The molecule has 2 saturated carbocycles. The van der Waals surface area contributed by atoms with E-state index < -0.39 is 5.60 Å². The molecule has 0 spiro atoms. The lowest BCUT2D eigenvalue weighted by atomic mass is 9.52. The maximum Gasteiger partial charge on any atom is 0.156 e. The van der Waals surface area contributed by atoms with Crippen molar-refractivity contribution in [1.29, 1.82) is 0 Å². The van der Waals surface area contributed by atoms with Gasteiger partial charge in [-0.05, 0) is 79.0 Å². The molecular weight excluding hydrogens is 352 g/mol. The van der Waals surface area contributed by atoms with Crippen LogP contribution in [0.1, 0.15) is 62.7 Å².